The van der Waals surface area contributed by atoms with Crippen LogP contribution in [0.3, 0.4) is 0 Å². The largest absolute Gasteiger partial charge is 0.324 e. The summed E-state index contributed by atoms with van der Waals surface area (Å²) in [7, 11) is 0. The van der Waals surface area contributed by atoms with E-state index in [4.69, 9.17) is 5.73 Å². The van der Waals surface area contributed by atoms with Crippen molar-refractivity contribution in [2.75, 3.05) is 5.32 Å². The molecular weight excluding hydrogens is 268 g/mol. The third kappa shape index (κ3) is 3.61. The van der Waals surface area contributed by atoms with Crippen molar-refractivity contribution in [2.45, 2.75) is 32.7 Å². The molecule has 0 aliphatic rings. The van der Waals surface area contributed by atoms with Crippen molar-refractivity contribution in [3.8, 4) is 0 Å². The van der Waals surface area contributed by atoms with Crippen LogP contribution in [-0.2, 0) is 4.79 Å². The van der Waals surface area contributed by atoms with E-state index in [0.717, 1.165) is 22.1 Å². The number of hydrogen-bond donors (Lipinski definition) is 2. The Bertz CT molecular complexity index is 379. The van der Waals surface area contributed by atoms with E-state index in [-0.39, 0.29) is 5.91 Å². The average molecular weight is 285 g/mol. The molecule has 0 aliphatic heterocycles. The lowest BCUT2D eigenvalue weighted by Gasteiger charge is -2.12. The molecule has 0 heterocycles. The highest BCUT2D eigenvalue weighted by molar-refractivity contribution is 9.10. The zero-order valence-electron chi connectivity index (χ0n) is 9.59. The summed E-state index contributed by atoms with van der Waals surface area (Å²) < 4.78 is 0.871. The molecule has 0 aliphatic carbocycles. The van der Waals surface area contributed by atoms with Crippen LogP contribution in [0, 0.1) is 6.92 Å². The van der Waals surface area contributed by atoms with Gasteiger partial charge in [-0.15, -0.1) is 0 Å². The molecule has 1 aromatic rings. The van der Waals surface area contributed by atoms with Crippen molar-refractivity contribution < 1.29 is 4.79 Å². The molecule has 88 valence electrons. The molecule has 0 bridgehead atoms. The van der Waals surface area contributed by atoms with Gasteiger partial charge in [-0.2, -0.15) is 0 Å². The predicted molar refractivity (Wildman–Crippen MR) is 70.4 cm³/mol. The number of carbonyl (C=O) groups excluding carboxylic acids is 1. The lowest BCUT2D eigenvalue weighted by atomic mass is 10.1. The topological polar surface area (TPSA) is 55.1 Å². The van der Waals surface area contributed by atoms with E-state index in [1.54, 1.807) is 0 Å². The van der Waals surface area contributed by atoms with Gasteiger partial charge in [0, 0.05) is 4.47 Å². The van der Waals surface area contributed by atoms with Crippen LogP contribution in [0.4, 0.5) is 5.69 Å². The first kappa shape index (κ1) is 13.2. The van der Waals surface area contributed by atoms with Crippen molar-refractivity contribution >= 4 is 27.5 Å². The maximum Gasteiger partial charge on any atom is 0.241 e. The highest BCUT2D eigenvalue weighted by atomic mass is 79.9. The molecule has 1 atom stereocenters. The van der Waals surface area contributed by atoms with Gasteiger partial charge in [-0.05, 0) is 47.0 Å². The van der Waals surface area contributed by atoms with Gasteiger partial charge in [0.25, 0.3) is 0 Å². The minimum absolute atomic E-state index is 0.131. The Kier molecular flexibility index (Phi) is 4.96. The first-order valence-electron chi connectivity index (χ1n) is 5.37. The summed E-state index contributed by atoms with van der Waals surface area (Å²) >= 11 is 3.39. The highest BCUT2D eigenvalue weighted by Gasteiger charge is 2.13. The number of nitrogens with two attached hydrogens (primary N) is 1. The number of halogens is 1. The second-order valence-electron chi connectivity index (χ2n) is 3.87. The Hall–Kier alpha value is -0.870. The zero-order valence-corrected chi connectivity index (χ0v) is 11.2. The van der Waals surface area contributed by atoms with Crippen molar-refractivity contribution in [3.05, 3.63) is 28.2 Å². The Morgan fingerprint density at radius 3 is 2.88 bits per heavy atom. The normalized spacial score (nSPS) is 12.2. The number of carbonyl (C=O) groups is 1. The second-order valence-corrected chi connectivity index (χ2v) is 4.72. The van der Waals surface area contributed by atoms with Gasteiger partial charge in [-0.25, -0.2) is 0 Å². The molecule has 0 radical (unpaired) electrons. The summed E-state index contributed by atoms with van der Waals surface area (Å²) in [5.74, 6) is -0.131. The maximum atomic E-state index is 11.7. The van der Waals surface area contributed by atoms with Crippen LogP contribution < -0.4 is 11.1 Å². The molecule has 1 aromatic carbocycles. The average Bonchev–Trinajstić information content (AvgIpc) is 2.23. The van der Waals surface area contributed by atoms with E-state index < -0.39 is 6.04 Å². The number of aryl methyl sites for hydroxylation is 1. The van der Waals surface area contributed by atoms with Gasteiger partial charge < -0.3 is 11.1 Å². The molecule has 0 saturated carbocycles. The number of amides is 1. The van der Waals surface area contributed by atoms with Crippen LogP contribution in [0.1, 0.15) is 25.3 Å². The van der Waals surface area contributed by atoms with E-state index in [1.165, 1.54) is 0 Å². The lowest BCUT2D eigenvalue weighted by Crippen LogP contribution is -2.35. The fraction of sp³-hybridized carbons (Fsp3) is 0.417. The Morgan fingerprint density at radius 2 is 2.25 bits per heavy atom. The van der Waals surface area contributed by atoms with Crippen LogP contribution in [0.2, 0.25) is 0 Å². The molecule has 1 rings (SSSR count). The number of rotatable bonds is 4. The number of anilines is 1. The molecule has 16 heavy (non-hydrogen) atoms. The molecule has 3 N–H and O–H groups in total. The summed E-state index contributed by atoms with van der Waals surface area (Å²) in [6.07, 6.45) is 1.61. The van der Waals surface area contributed by atoms with E-state index in [1.807, 2.05) is 32.0 Å². The van der Waals surface area contributed by atoms with Crippen LogP contribution in [0.5, 0.6) is 0 Å². The number of benzene rings is 1. The molecule has 1 amide bonds. The molecule has 0 fully saturated rings. The number of nitrogens with one attached hydrogen (secondary N) is 1. The first-order valence-corrected chi connectivity index (χ1v) is 6.16. The van der Waals surface area contributed by atoms with Crippen molar-refractivity contribution in [1.82, 2.24) is 0 Å². The van der Waals surface area contributed by atoms with Crippen molar-refractivity contribution in [1.29, 1.82) is 0 Å². The quantitative estimate of drug-likeness (QED) is 0.893. The standard InChI is InChI=1S/C12H17BrN2O/c1-3-4-10(14)12(16)15-11-7-8(2)5-6-9(11)13/h5-7,10H,3-4,14H2,1-2H3,(H,15,16)/t10-/m1/s1. The van der Waals surface area contributed by atoms with Crippen molar-refractivity contribution in [2.24, 2.45) is 5.73 Å². The van der Waals surface area contributed by atoms with E-state index >= 15 is 0 Å². The summed E-state index contributed by atoms with van der Waals surface area (Å²) in [4.78, 5) is 11.7. The highest BCUT2D eigenvalue weighted by Crippen LogP contribution is 2.23. The van der Waals surface area contributed by atoms with E-state index in [2.05, 4.69) is 21.2 Å². The monoisotopic (exact) mass is 284 g/mol. The molecule has 0 unspecified atom stereocenters. The summed E-state index contributed by atoms with van der Waals surface area (Å²) in [5, 5.41) is 2.82. The molecular formula is C12H17BrN2O. The predicted octanol–water partition coefficient (Wildman–Crippen LogP) is 2.82. The SMILES string of the molecule is CCC[C@@H](N)C(=O)Nc1cc(C)ccc1Br. The van der Waals surface area contributed by atoms with Gasteiger partial charge in [0.05, 0.1) is 11.7 Å². The van der Waals surface area contributed by atoms with Gasteiger partial charge in [0.1, 0.15) is 0 Å². The van der Waals surface area contributed by atoms with Crippen LogP contribution in [0.15, 0.2) is 22.7 Å². The minimum atomic E-state index is -0.433. The summed E-state index contributed by atoms with van der Waals surface area (Å²) in [5.41, 5.74) is 7.61. The van der Waals surface area contributed by atoms with Gasteiger partial charge in [-0.3, -0.25) is 4.79 Å². The van der Waals surface area contributed by atoms with Crippen LogP contribution in [0.25, 0.3) is 0 Å². The molecule has 0 spiro atoms. The Balaban J connectivity index is 2.72. The molecule has 0 saturated heterocycles. The smallest absolute Gasteiger partial charge is 0.241 e. The van der Waals surface area contributed by atoms with Gasteiger partial charge in [-0.1, -0.05) is 19.4 Å². The molecule has 3 nitrogen and oxygen atoms in total. The van der Waals surface area contributed by atoms with Gasteiger partial charge in [0.2, 0.25) is 5.91 Å². The van der Waals surface area contributed by atoms with Crippen LogP contribution >= 0.6 is 15.9 Å². The second kappa shape index (κ2) is 6.01. The Morgan fingerprint density at radius 1 is 1.56 bits per heavy atom. The van der Waals surface area contributed by atoms with E-state index in [0.29, 0.717) is 6.42 Å². The third-order valence-corrected chi connectivity index (χ3v) is 3.01. The van der Waals surface area contributed by atoms with E-state index in [9.17, 15) is 4.79 Å². The maximum absolute atomic E-state index is 11.7. The van der Waals surface area contributed by atoms with Gasteiger partial charge in [0.15, 0.2) is 0 Å². The summed E-state index contributed by atoms with van der Waals surface area (Å²) in [6.45, 7) is 3.99. The lowest BCUT2D eigenvalue weighted by molar-refractivity contribution is -0.117. The third-order valence-electron chi connectivity index (χ3n) is 2.32. The van der Waals surface area contributed by atoms with Crippen LogP contribution in [-0.4, -0.2) is 11.9 Å². The molecule has 0 aromatic heterocycles. The molecule has 4 heteroatoms. The fourth-order valence-electron chi connectivity index (χ4n) is 1.40. The zero-order chi connectivity index (χ0) is 12.1. The van der Waals surface area contributed by atoms with Crippen molar-refractivity contribution in [3.63, 3.8) is 0 Å². The minimum Gasteiger partial charge on any atom is -0.324 e. The first-order chi connectivity index (χ1) is 7.54. The van der Waals surface area contributed by atoms with Gasteiger partial charge >= 0.3 is 0 Å². The Labute approximate surface area is 105 Å². The fourth-order valence-corrected chi connectivity index (χ4v) is 1.75. The number of hydrogen-bond acceptors (Lipinski definition) is 2. The summed E-state index contributed by atoms with van der Waals surface area (Å²) in [6, 6.07) is 5.38.